The van der Waals surface area contributed by atoms with Crippen LogP contribution in [0.5, 0.6) is 11.5 Å². The summed E-state index contributed by atoms with van der Waals surface area (Å²) in [7, 11) is 1.56. The van der Waals surface area contributed by atoms with Crippen molar-refractivity contribution in [3.8, 4) is 11.5 Å². The number of benzene rings is 2. The second-order valence-corrected chi connectivity index (χ2v) is 5.48. The zero-order valence-corrected chi connectivity index (χ0v) is 12.1. The fourth-order valence-corrected chi connectivity index (χ4v) is 2.84. The van der Waals surface area contributed by atoms with Crippen molar-refractivity contribution in [3.63, 3.8) is 0 Å². The van der Waals surface area contributed by atoms with E-state index < -0.39 is 0 Å². The molecule has 1 unspecified atom stereocenters. The van der Waals surface area contributed by atoms with Crippen molar-refractivity contribution < 1.29 is 13.9 Å². The van der Waals surface area contributed by atoms with Crippen LogP contribution >= 0.6 is 0 Å². The van der Waals surface area contributed by atoms with Crippen molar-refractivity contribution in [1.29, 1.82) is 0 Å². The van der Waals surface area contributed by atoms with Crippen LogP contribution in [-0.4, -0.2) is 13.7 Å². The molecule has 2 aromatic carbocycles. The molecular weight excluding hydrogens is 267 g/mol. The van der Waals surface area contributed by atoms with Crippen LogP contribution in [0.25, 0.3) is 0 Å². The molecule has 0 fully saturated rings. The van der Waals surface area contributed by atoms with Crippen LogP contribution < -0.4 is 9.47 Å². The van der Waals surface area contributed by atoms with Crippen LogP contribution in [0.15, 0.2) is 42.5 Å². The first-order chi connectivity index (χ1) is 10.3. The van der Waals surface area contributed by atoms with Gasteiger partial charge in [-0.25, -0.2) is 4.39 Å². The average Bonchev–Trinajstić information content (AvgIpc) is 2.54. The molecule has 0 saturated carbocycles. The molecule has 0 N–H and O–H groups in total. The van der Waals surface area contributed by atoms with E-state index in [4.69, 9.17) is 9.47 Å². The lowest BCUT2D eigenvalue weighted by atomic mass is 9.84. The summed E-state index contributed by atoms with van der Waals surface area (Å²) < 4.78 is 24.5. The fourth-order valence-electron chi connectivity index (χ4n) is 2.84. The van der Waals surface area contributed by atoms with E-state index in [0.29, 0.717) is 18.3 Å². The molecule has 1 aliphatic rings. The lowest BCUT2D eigenvalue weighted by Gasteiger charge is -2.24. The van der Waals surface area contributed by atoms with Gasteiger partial charge in [-0.3, -0.25) is 0 Å². The smallest absolute Gasteiger partial charge is 0.165 e. The van der Waals surface area contributed by atoms with Gasteiger partial charge in [0.25, 0.3) is 0 Å². The normalized spacial score (nSPS) is 17.1. The Hall–Kier alpha value is -2.03. The Labute approximate surface area is 124 Å². The summed E-state index contributed by atoms with van der Waals surface area (Å²) in [6.07, 6.45) is 3.16. The standard InChI is InChI=1S/C18H19FO2/c1-20-16-8-9-17(19)18(11-16)21-12-13-6-7-14-4-2-3-5-15(14)10-13/h2-5,8-9,11,13H,6-7,10,12H2,1H3. The number of hydrogen-bond donors (Lipinski definition) is 0. The van der Waals surface area contributed by atoms with Gasteiger partial charge in [-0.05, 0) is 48.4 Å². The van der Waals surface area contributed by atoms with Crippen LogP contribution in [-0.2, 0) is 12.8 Å². The van der Waals surface area contributed by atoms with Gasteiger partial charge in [0.05, 0.1) is 13.7 Å². The van der Waals surface area contributed by atoms with Crippen molar-refractivity contribution in [2.45, 2.75) is 19.3 Å². The Balaban J connectivity index is 1.64. The van der Waals surface area contributed by atoms with Gasteiger partial charge in [0.2, 0.25) is 0 Å². The van der Waals surface area contributed by atoms with Gasteiger partial charge < -0.3 is 9.47 Å². The van der Waals surface area contributed by atoms with E-state index >= 15 is 0 Å². The number of halogens is 1. The minimum atomic E-state index is -0.341. The Morgan fingerprint density at radius 2 is 1.95 bits per heavy atom. The Morgan fingerprint density at radius 1 is 1.14 bits per heavy atom. The highest BCUT2D eigenvalue weighted by Crippen LogP contribution is 2.28. The summed E-state index contributed by atoms with van der Waals surface area (Å²) in [4.78, 5) is 0. The van der Waals surface area contributed by atoms with Gasteiger partial charge in [0.15, 0.2) is 11.6 Å². The van der Waals surface area contributed by atoms with Crippen LogP contribution in [0.3, 0.4) is 0 Å². The molecule has 1 atom stereocenters. The van der Waals surface area contributed by atoms with Crippen molar-refractivity contribution in [2.75, 3.05) is 13.7 Å². The predicted molar refractivity (Wildman–Crippen MR) is 80.4 cm³/mol. The van der Waals surface area contributed by atoms with E-state index in [9.17, 15) is 4.39 Å². The van der Waals surface area contributed by atoms with Crippen molar-refractivity contribution in [1.82, 2.24) is 0 Å². The quantitative estimate of drug-likeness (QED) is 0.845. The van der Waals surface area contributed by atoms with Crippen LogP contribution in [0, 0.1) is 11.7 Å². The third-order valence-corrected chi connectivity index (χ3v) is 4.06. The number of ether oxygens (including phenoxy) is 2. The molecule has 21 heavy (non-hydrogen) atoms. The van der Waals surface area contributed by atoms with Gasteiger partial charge in [-0.1, -0.05) is 24.3 Å². The van der Waals surface area contributed by atoms with Crippen molar-refractivity contribution in [3.05, 3.63) is 59.4 Å². The van der Waals surface area contributed by atoms with E-state index in [1.807, 2.05) is 0 Å². The van der Waals surface area contributed by atoms with Crippen LogP contribution in [0.4, 0.5) is 4.39 Å². The maximum atomic E-state index is 13.7. The monoisotopic (exact) mass is 286 g/mol. The second kappa shape index (κ2) is 6.17. The SMILES string of the molecule is COc1ccc(F)c(OCC2CCc3ccccc3C2)c1. The van der Waals surface area contributed by atoms with Gasteiger partial charge in [-0.15, -0.1) is 0 Å². The molecule has 0 heterocycles. The summed E-state index contributed by atoms with van der Waals surface area (Å²) in [6.45, 7) is 0.540. The Bertz CT molecular complexity index is 624. The van der Waals surface area contributed by atoms with Gasteiger partial charge in [0, 0.05) is 6.07 Å². The topological polar surface area (TPSA) is 18.5 Å². The maximum absolute atomic E-state index is 13.7. The Morgan fingerprint density at radius 3 is 2.76 bits per heavy atom. The first-order valence-electron chi connectivity index (χ1n) is 7.29. The number of aryl methyl sites for hydroxylation is 1. The van der Waals surface area contributed by atoms with Crippen molar-refractivity contribution >= 4 is 0 Å². The van der Waals surface area contributed by atoms with E-state index in [1.165, 1.54) is 17.2 Å². The average molecular weight is 286 g/mol. The largest absolute Gasteiger partial charge is 0.497 e. The summed E-state index contributed by atoms with van der Waals surface area (Å²) in [5, 5.41) is 0. The molecule has 2 nitrogen and oxygen atoms in total. The molecule has 110 valence electrons. The first kappa shape index (κ1) is 13.9. The third-order valence-electron chi connectivity index (χ3n) is 4.06. The molecule has 1 aliphatic carbocycles. The van der Waals surface area contributed by atoms with E-state index in [2.05, 4.69) is 24.3 Å². The summed E-state index contributed by atoms with van der Waals surface area (Å²) in [5.74, 6) is 0.978. The summed E-state index contributed by atoms with van der Waals surface area (Å²) in [6, 6.07) is 13.1. The zero-order valence-electron chi connectivity index (χ0n) is 12.1. The van der Waals surface area contributed by atoms with Crippen molar-refractivity contribution in [2.24, 2.45) is 5.92 Å². The fraction of sp³-hybridized carbons (Fsp3) is 0.333. The molecular formula is C18H19FO2. The van der Waals surface area contributed by atoms with Gasteiger partial charge >= 0.3 is 0 Å². The lowest BCUT2D eigenvalue weighted by molar-refractivity contribution is 0.225. The number of methoxy groups -OCH3 is 1. The van der Waals surface area contributed by atoms with E-state index in [-0.39, 0.29) is 11.6 Å². The van der Waals surface area contributed by atoms with Gasteiger partial charge in [0.1, 0.15) is 5.75 Å². The zero-order chi connectivity index (χ0) is 14.7. The number of rotatable bonds is 4. The minimum Gasteiger partial charge on any atom is -0.497 e. The summed E-state index contributed by atoms with van der Waals surface area (Å²) in [5.41, 5.74) is 2.82. The van der Waals surface area contributed by atoms with Crippen LogP contribution in [0.1, 0.15) is 17.5 Å². The summed E-state index contributed by atoms with van der Waals surface area (Å²) >= 11 is 0. The predicted octanol–water partition coefficient (Wildman–Crippen LogP) is 4.02. The molecule has 0 spiro atoms. The molecule has 0 aliphatic heterocycles. The maximum Gasteiger partial charge on any atom is 0.165 e. The van der Waals surface area contributed by atoms with E-state index in [1.54, 1.807) is 19.2 Å². The molecule has 0 saturated heterocycles. The molecule has 0 aromatic heterocycles. The highest BCUT2D eigenvalue weighted by atomic mass is 19.1. The van der Waals surface area contributed by atoms with E-state index in [0.717, 1.165) is 19.3 Å². The highest BCUT2D eigenvalue weighted by Gasteiger charge is 2.19. The molecule has 0 bridgehead atoms. The first-order valence-corrected chi connectivity index (χ1v) is 7.29. The molecule has 3 heteroatoms. The third kappa shape index (κ3) is 3.18. The van der Waals surface area contributed by atoms with Gasteiger partial charge in [-0.2, -0.15) is 0 Å². The number of fused-ring (bicyclic) bond motifs is 1. The molecule has 0 radical (unpaired) electrons. The highest BCUT2D eigenvalue weighted by molar-refractivity contribution is 5.34. The molecule has 2 aromatic rings. The number of hydrogen-bond acceptors (Lipinski definition) is 2. The lowest BCUT2D eigenvalue weighted by Crippen LogP contribution is -2.20. The molecule has 0 amide bonds. The molecule has 3 rings (SSSR count). The second-order valence-electron chi connectivity index (χ2n) is 5.48. The Kier molecular flexibility index (Phi) is 4.09. The van der Waals surface area contributed by atoms with Crippen LogP contribution in [0.2, 0.25) is 0 Å². The minimum absolute atomic E-state index is 0.271.